The Balaban J connectivity index is 2.41. The van der Waals surface area contributed by atoms with Crippen LogP contribution in [0.15, 0.2) is 22.7 Å². The minimum absolute atomic E-state index is 0.0304. The van der Waals surface area contributed by atoms with Crippen LogP contribution >= 0.6 is 15.9 Å². The Hall–Kier alpha value is -1.43. The molecule has 19 heavy (non-hydrogen) atoms. The van der Waals surface area contributed by atoms with Crippen LogP contribution in [-0.4, -0.2) is 24.9 Å². The summed E-state index contributed by atoms with van der Waals surface area (Å²) in [7, 11) is 0. The molecule has 1 aromatic rings. The van der Waals surface area contributed by atoms with Crippen LogP contribution in [0.5, 0.6) is 0 Å². The number of rotatable bonds is 6. The molecule has 104 valence electrons. The minimum atomic E-state index is -0.595. The van der Waals surface area contributed by atoms with Gasteiger partial charge in [0.15, 0.2) is 0 Å². The highest BCUT2D eigenvalue weighted by molar-refractivity contribution is 9.10. The van der Waals surface area contributed by atoms with Crippen molar-refractivity contribution in [3.63, 3.8) is 0 Å². The topological polar surface area (TPSA) is 58.2 Å². The van der Waals surface area contributed by atoms with Crippen LogP contribution in [0.25, 0.3) is 0 Å². The summed E-state index contributed by atoms with van der Waals surface area (Å²) in [5, 5.41) is 5.21. The van der Waals surface area contributed by atoms with Gasteiger partial charge >= 0.3 is 0 Å². The maximum atomic E-state index is 13.5. The van der Waals surface area contributed by atoms with Crippen LogP contribution in [0.3, 0.4) is 0 Å². The zero-order valence-corrected chi connectivity index (χ0v) is 12.2. The molecule has 0 radical (unpaired) electrons. The number of carbonyl (C=O) groups is 2. The summed E-state index contributed by atoms with van der Waals surface area (Å²) < 4.78 is 14.1. The number of carbonyl (C=O) groups excluding carboxylic acids is 2. The molecule has 1 rings (SSSR count). The quantitative estimate of drug-likeness (QED) is 0.840. The predicted octanol–water partition coefficient (Wildman–Crippen LogP) is 2.23. The third-order valence-corrected chi connectivity index (χ3v) is 2.88. The molecule has 0 aliphatic rings. The average Bonchev–Trinajstić information content (AvgIpc) is 2.36. The Morgan fingerprint density at radius 1 is 1.26 bits per heavy atom. The normalized spacial score (nSPS) is 10.1. The van der Waals surface area contributed by atoms with Gasteiger partial charge in [-0.25, -0.2) is 4.39 Å². The van der Waals surface area contributed by atoms with Crippen LogP contribution in [0.4, 0.5) is 4.39 Å². The summed E-state index contributed by atoms with van der Waals surface area (Å²) in [6.07, 6.45) is 1.05. The molecule has 0 saturated heterocycles. The third kappa shape index (κ3) is 5.38. The summed E-state index contributed by atoms with van der Waals surface area (Å²) in [5.41, 5.74) is -0.0304. The van der Waals surface area contributed by atoms with Crippen molar-refractivity contribution in [2.75, 3.05) is 13.1 Å². The standard InChI is InChI=1S/C13H16BrFN2O2/c1-2-6-16-12(18)5-7-17-13(19)10-4-3-9(14)8-11(10)15/h3-4,8H,2,5-7H2,1H3,(H,16,18)(H,17,19). The SMILES string of the molecule is CCCNC(=O)CCNC(=O)c1ccc(Br)cc1F. The van der Waals surface area contributed by atoms with Gasteiger partial charge in [-0.05, 0) is 24.6 Å². The molecule has 0 saturated carbocycles. The molecule has 0 atom stereocenters. The molecule has 6 heteroatoms. The van der Waals surface area contributed by atoms with Gasteiger partial charge < -0.3 is 10.6 Å². The lowest BCUT2D eigenvalue weighted by Gasteiger charge is -2.07. The summed E-state index contributed by atoms with van der Waals surface area (Å²) in [6.45, 7) is 2.76. The lowest BCUT2D eigenvalue weighted by Crippen LogP contribution is -2.31. The first-order chi connectivity index (χ1) is 9.04. The van der Waals surface area contributed by atoms with Gasteiger partial charge in [-0.3, -0.25) is 9.59 Å². The van der Waals surface area contributed by atoms with Crippen LogP contribution in [0, 0.1) is 5.82 Å². The summed E-state index contributed by atoms with van der Waals surface area (Å²) >= 11 is 3.12. The van der Waals surface area contributed by atoms with Gasteiger partial charge in [0.25, 0.3) is 5.91 Å². The predicted molar refractivity (Wildman–Crippen MR) is 74.4 cm³/mol. The van der Waals surface area contributed by atoms with Gasteiger partial charge in [0.05, 0.1) is 5.56 Å². The fraction of sp³-hybridized carbons (Fsp3) is 0.385. The monoisotopic (exact) mass is 330 g/mol. The lowest BCUT2D eigenvalue weighted by molar-refractivity contribution is -0.120. The number of hydrogen-bond donors (Lipinski definition) is 2. The zero-order chi connectivity index (χ0) is 14.3. The fourth-order valence-corrected chi connectivity index (χ4v) is 1.74. The Morgan fingerprint density at radius 3 is 2.63 bits per heavy atom. The first-order valence-corrected chi connectivity index (χ1v) is 6.84. The first kappa shape index (κ1) is 15.6. The van der Waals surface area contributed by atoms with Crippen molar-refractivity contribution in [3.8, 4) is 0 Å². The second-order valence-corrected chi connectivity index (χ2v) is 4.90. The molecule has 0 aromatic heterocycles. The van der Waals surface area contributed by atoms with E-state index in [0.717, 1.165) is 6.42 Å². The van der Waals surface area contributed by atoms with E-state index in [1.807, 2.05) is 6.92 Å². The van der Waals surface area contributed by atoms with Crippen molar-refractivity contribution in [2.45, 2.75) is 19.8 Å². The average molecular weight is 331 g/mol. The molecule has 4 nitrogen and oxygen atoms in total. The van der Waals surface area contributed by atoms with Crippen LogP contribution in [0.2, 0.25) is 0 Å². The molecule has 0 fully saturated rings. The molecule has 0 aliphatic heterocycles. The van der Waals surface area contributed by atoms with Crippen molar-refractivity contribution < 1.29 is 14.0 Å². The number of amides is 2. The maximum absolute atomic E-state index is 13.5. The van der Waals surface area contributed by atoms with Crippen molar-refractivity contribution in [2.24, 2.45) is 0 Å². The molecule has 0 spiro atoms. The first-order valence-electron chi connectivity index (χ1n) is 6.04. The molecule has 0 aliphatic carbocycles. The number of benzene rings is 1. The summed E-state index contributed by atoms with van der Waals surface area (Å²) in [4.78, 5) is 23.0. The van der Waals surface area contributed by atoms with Gasteiger partial charge in [0, 0.05) is 24.0 Å². The van der Waals surface area contributed by atoms with Gasteiger partial charge in [0.2, 0.25) is 5.91 Å². The molecular formula is C13H16BrFN2O2. The van der Waals surface area contributed by atoms with E-state index in [1.54, 1.807) is 6.07 Å². The van der Waals surface area contributed by atoms with E-state index in [1.165, 1.54) is 12.1 Å². The van der Waals surface area contributed by atoms with E-state index in [-0.39, 0.29) is 24.4 Å². The van der Waals surface area contributed by atoms with Crippen LogP contribution in [-0.2, 0) is 4.79 Å². The van der Waals surface area contributed by atoms with Crippen molar-refractivity contribution in [1.82, 2.24) is 10.6 Å². The molecule has 2 amide bonds. The van der Waals surface area contributed by atoms with Crippen molar-refractivity contribution in [3.05, 3.63) is 34.1 Å². The number of halogens is 2. The highest BCUT2D eigenvalue weighted by Crippen LogP contribution is 2.15. The highest BCUT2D eigenvalue weighted by Gasteiger charge is 2.11. The van der Waals surface area contributed by atoms with E-state index >= 15 is 0 Å². The van der Waals surface area contributed by atoms with Crippen molar-refractivity contribution >= 4 is 27.7 Å². The fourth-order valence-electron chi connectivity index (χ4n) is 1.41. The summed E-state index contributed by atoms with van der Waals surface area (Å²) in [5.74, 6) is -1.24. The Bertz CT molecular complexity index is 466. The Morgan fingerprint density at radius 2 is 2.00 bits per heavy atom. The lowest BCUT2D eigenvalue weighted by atomic mass is 10.2. The van der Waals surface area contributed by atoms with Gasteiger partial charge in [-0.1, -0.05) is 22.9 Å². The van der Waals surface area contributed by atoms with Crippen LogP contribution < -0.4 is 10.6 Å². The number of nitrogens with one attached hydrogen (secondary N) is 2. The van der Waals surface area contributed by atoms with Gasteiger partial charge in [-0.2, -0.15) is 0 Å². The molecule has 0 unspecified atom stereocenters. The largest absolute Gasteiger partial charge is 0.356 e. The Kier molecular flexibility index (Phi) is 6.49. The molecule has 1 aromatic carbocycles. The summed E-state index contributed by atoms with van der Waals surface area (Å²) in [6, 6.07) is 4.21. The van der Waals surface area contributed by atoms with E-state index in [0.29, 0.717) is 11.0 Å². The highest BCUT2D eigenvalue weighted by atomic mass is 79.9. The molecule has 0 heterocycles. The Labute approximate surface area is 119 Å². The molecule has 0 bridgehead atoms. The maximum Gasteiger partial charge on any atom is 0.254 e. The van der Waals surface area contributed by atoms with Crippen molar-refractivity contribution in [1.29, 1.82) is 0 Å². The molecular weight excluding hydrogens is 315 g/mol. The minimum Gasteiger partial charge on any atom is -0.356 e. The van der Waals surface area contributed by atoms with E-state index in [2.05, 4.69) is 26.6 Å². The third-order valence-electron chi connectivity index (χ3n) is 2.39. The zero-order valence-electron chi connectivity index (χ0n) is 10.6. The number of hydrogen-bond acceptors (Lipinski definition) is 2. The van der Waals surface area contributed by atoms with E-state index < -0.39 is 11.7 Å². The van der Waals surface area contributed by atoms with E-state index in [9.17, 15) is 14.0 Å². The second-order valence-electron chi connectivity index (χ2n) is 3.98. The van der Waals surface area contributed by atoms with Gasteiger partial charge in [0.1, 0.15) is 5.82 Å². The van der Waals surface area contributed by atoms with Crippen LogP contribution in [0.1, 0.15) is 30.1 Å². The smallest absolute Gasteiger partial charge is 0.254 e. The second kappa shape index (κ2) is 7.89. The van der Waals surface area contributed by atoms with Gasteiger partial charge in [-0.15, -0.1) is 0 Å². The van der Waals surface area contributed by atoms with E-state index in [4.69, 9.17) is 0 Å². The molecule has 2 N–H and O–H groups in total.